The molecule has 1 unspecified atom stereocenters. The highest BCUT2D eigenvalue weighted by molar-refractivity contribution is 6.30. The second-order valence-corrected chi connectivity index (χ2v) is 12.2. The van der Waals surface area contributed by atoms with Crippen LogP contribution in [-0.4, -0.2) is 63.7 Å². The van der Waals surface area contributed by atoms with Crippen LogP contribution in [-0.2, 0) is 16.1 Å². The summed E-state index contributed by atoms with van der Waals surface area (Å²) in [6.07, 6.45) is 4.94. The lowest BCUT2D eigenvalue weighted by atomic mass is 9.87. The van der Waals surface area contributed by atoms with Gasteiger partial charge in [-0.15, -0.1) is 0 Å². The van der Waals surface area contributed by atoms with E-state index in [1.54, 1.807) is 6.20 Å². The number of nitrogens with one attached hydrogen (secondary N) is 1. The molecule has 0 aliphatic carbocycles. The number of piperidine rings is 2. The highest BCUT2D eigenvalue weighted by atomic mass is 35.5. The molecular formula is C30H41ClN4O4. The predicted octanol–water partition coefficient (Wildman–Crippen LogP) is 5.66. The van der Waals surface area contributed by atoms with E-state index in [1.165, 1.54) is 0 Å². The van der Waals surface area contributed by atoms with Gasteiger partial charge in [-0.2, -0.15) is 0 Å². The number of hydrogen-bond acceptors (Lipinski definition) is 6. The molecule has 2 saturated heterocycles. The number of benzene rings is 1. The molecule has 8 nitrogen and oxygen atoms in total. The number of carbonyl (C=O) groups excluding carboxylic acids is 2. The number of anilines is 1. The van der Waals surface area contributed by atoms with Gasteiger partial charge in [0.1, 0.15) is 11.4 Å². The average Bonchev–Trinajstić information content (AvgIpc) is 2.88. The number of aromatic nitrogens is 1. The topological polar surface area (TPSA) is 95.0 Å². The molecule has 1 aromatic carbocycles. The lowest BCUT2D eigenvalue weighted by Gasteiger charge is -2.37. The summed E-state index contributed by atoms with van der Waals surface area (Å²) in [5, 5.41) is 14.0. The van der Waals surface area contributed by atoms with Gasteiger partial charge in [0.05, 0.1) is 6.10 Å². The van der Waals surface area contributed by atoms with Crippen molar-refractivity contribution in [1.82, 2.24) is 14.8 Å². The second-order valence-electron chi connectivity index (χ2n) is 11.8. The fourth-order valence-corrected chi connectivity index (χ4v) is 5.56. The maximum atomic E-state index is 13.2. The molecule has 1 aromatic heterocycles. The van der Waals surface area contributed by atoms with Crippen LogP contribution in [0.1, 0.15) is 70.1 Å². The normalized spacial score (nSPS) is 18.5. The number of ether oxygens (including phenoxy) is 1. The SMILES string of the molecule is CC(C)(C)OC(=O)Nc1cc(CN2CCC(C(=O)N3CCC(CC(O)c4ccc(Cl)cc4)CC3)CC2)ccn1. The first-order valence-electron chi connectivity index (χ1n) is 14.0. The zero-order valence-electron chi connectivity index (χ0n) is 23.2. The van der Waals surface area contributed by atoms with E-state index in [4.69, 9.17) is 16.3 Å². The van der Waals surface area contributed by atoms with Crippen LogP contribution in [0.5, 0.6) is 0 Å². The van der Waals surface area contributed by atoms with Crippen molar-refractivity contribution in [2.45, 2.75) is 71.1 Å². The van der Waals surface area contributed by atoms with E-state index in [9.17, 15) is 14.7 Å². The molecule has 2 amide bonds. The monoisotopic (exact) mass is 556 g/mol. The Labute approximate surface area is 236 Å². The number of carbonyl (C=O) groups is 2. The van der Waals surface area contributed by atoms with E-state index in [2.05, 4.69) is 15.2 Å². The highest BCUT2D eigenvalue weighted by Crippen LogP contribution is 2.30. The molecule has 2 N–H and O–H groups in total. The van der Waals surface area contributed by atoms with Gasteiger partial charge < -0.3 is 14.7 Å². The summed E-state index contributed by atoms with van der Waals surface area (Å²) in [4.78, 5) is 33.9. The lowest BCUT2D eigenvalue weighted by Crippen LogP contribution is -2.45. The number of aliphatic hydroxyl groups excluding tert-OH is 1. The zero-order valence-corrected chi connectivity index (χ0v) is 24.0. The summed E-state index contributed by atoms with van der Waals surface area (Å²) in [6, 6.07) is 11.2. The van der Waals surface area contributed by atoms with Crippen LogP contribution < -0.4 is 5.32 Å². The minimum atomic E-state index is -0.570. The Morgan fingerprint density at radius 1 is 1.08 bits per heavy atom. The number of hydrogen-bond donors (Lipinski definition) is 2. The molecule has 212 valence electrons. The second kappa shape index (κ2) is 13.1. The van der Waals surface area contributed by atoms with E-state index in [0.29, 0.717) is 23.2 Å². The van der Waals surface area contributed by atoms with Crippen molar-refractivity contribution in [3.8, 4) is 0 Å². The van der Waals surface area contributed by atoms with Gasteiger partial charge in [0, 0.05) is 36.8 Å². The number of nitrogens with zero attached hydrogens (tertiary/aromatic N) is 3. The van der Waals surface area contributed by atoms with E-state index < -0.39 is 17.8 Å². The van der Waals surface area contributed by atoms with Crippen LogP contribution in [0.2, 0.25) is 5.02 Å². The Bertz CT molecular complexity index is 1100. The van der Waals surface area contributed by atoms with Gasteiger partial charge in [0.25, 0.3) is 0 Å². The molecule has 2 aromatic rings. The predicted molar refractivity (Wildman–Crippen MR) is 152 cm³/mol. The van der Waals surface area contributed by atoms with Crippen molar-refractivity contribution in [2.75, 3.05) is 31.5 Å². The van der Waals surface area contributed by atoms with Crippen LogP contribution in [0.15, 0.2) is 42.6 Å². The first kappa shape index (κ1) is 29.3. The number of rotatable bonds is 7. The van der Waals surface area contributed by atoms with Gasteiger partial charge in [-0.25, -0.2) is 9.78 Å². The first-order valence-corrected chi connectivity index (χ1v) is 14.3. The van der Waals surface area contributed by atoms with E-state index in [-0.39, 0.29) is 11.8 Å². The average molecular weight is 557 g/mol. The van der Waals surface area contributed by atoms with Crippen LogP contribution in [0.4, 0.5) is 10.6 Å². The molecule has 2 aliphatic rings. The van der Waals surface area contributed by atoms with Crippen molar-refractivity contribution in [3.05, 3.63) is 58.7 Å². The van der Waals surface area contributed by atoms with Crippen molar-refractivity contribution >= 4 is 29.4 Å². The number of halogens is 1. The lowest BCUT2D eigenvalue weighted by molar-refractivity contribution is -0.138. The Morgan fingerprint density at radius 3 is 2.38 bits per heavy atom. The summed E-state index contributed by atoms with van der Waals surface area (Å²) in [5.41, 5.74) is 1.38. The van der Waals surface area contributed by atoms with E-state index in [1.807, 2.05) is 62.1 Å². The number of pyridine rings is 1. The summed E-state index contributed by atoms with van der Waals surface area (Å²) in [6.45, 7) is 9.46. The van der Waals surface area contributed by atoms with Gasteiger partial charge in [-0.05, 0) is 107 Å². The van der Waals surface area contributed by atoms with Gasteiger partial charge in [-0.1, -0.05) is 23.7 Å². The molecule has 39 heavy (non-hydrogen) atoms. The summed E-state index contributed by atoms with van der Waals surface area (Å²) in [5.74, 6) is 1.23. The minimum absolute atomic E-state index is 0.0688. The largest absolute Gasteiger partial charge is 0.444 e. The third-order valence-electron chi connectivity index (χ3n) is 7.53. The molecule has 0 spiro atoms. The molecule has 1 atom stereocenters. The van der Waals surface area contributed by atoms with Gasteiger partial charge in [0.15, 0.2) is 0 Å². The van der Waals surface area contributed by atoms with E-state index >= 15 is 0 Å². The van der Waals surface area contributed by atoms with Crippen LogP contribution in [0.3, 0.4) is 0 Å². The molecule has 0 saturated carbocycles. The fraction of sp³-hybridized carbons (Fsp3) is 0.567. The highest BCUT2D eigenvalue weighted by Gasteiger charge is 2.31. The van der Waals surface area contributed by atoms with Crippen LogP contribution in [0, 0.1) is 11.8 Å². The maximum Gasteiger partial charge on any atom is 0.413 e. The molecular weight excluding hydrogens is 516 g/mol. The zero-order chi connectivity index (χ0) is 28.0. The third kappa shape index (κ3) is 8.92. The standard InChI is InChI=1S/C30H41ClN4O4/c1-30(2,3)39-29(38)33-27-19-22(8-13-32-27)20-34-14-11-24(12-15-34)28(37)35-16-9-21(10-17-35)18-26(36)23-4-6-25(31)7-5-23/h4-8,13,19,21,24,26,36H,9-12,14-18,20H2,1-3H3,(H,32,33,38). The summed E-state index contributed by atoms with van der Waals surface area (Å²) in [7, 11) is 0. The summed E-state index contributed by atoms with van der Waals surface area (Å²) >= 11 is 5.96. The summed E-state index contributed by atoms with van der Waals surface area (Å²) < 4.78 is 5.31. The van der Waals surface area contributed by atoms with Crippen molar-refractivity contribution in [1.29, 1.82) is 0 Å². The third-order valence-corrected chi connectivity index (χ3v) is 7.79. The number of aliphatic hydroxyl groups is 1. The van der Waals surface area contributed by atoms with Gasteiger partial charge in [-0.3, -0.25) is 15.0 Å². The molecule has 0 bridgehead atoms. The van der Waals surface area contributed by atoms with Crippen molar-refractivity contribution in [3.63, 3.8) is 0 Å². The van der Waals surface area contributed by atoms with E-state index in [0.717, 1.165) is 69.5 Å². The number of likely N-dealkylation sites (tertiary alicyclic amines) is 2. The maximum absolute atomic E-state index is 13.2. The smallest absolute Gasteiger partial charge is 0.413 e. The molecule has 3 heterocycles. The minimum Gasteiger partial charge on any atom is -0.444 e. The molecule has 2 aliphatic heterocycles. The Kier molecular flexibility index (Phi) is 9.86. The molecule has 0 radical (unpaired) electrons. The Hall–Kier alpha value is -2.68. The molecule has 9 heteroatoms. The Morgan fingerprint density at radius 2 is 1.74 bits per heavy atom. The van der Waals surface area contributed by atoms with Crippen LogP contribution in [0.25, 0.3) is 0 Å². The molecule has 4 rings (SSSR count). The number of amides is 2. The first-order chi connectivity index (χ1) is 18.6. The van der Waals surface area contributed by atoms with Gasteiger partial charge >= 0.3 is 6.09 Å². The van der Waals surface area contributed by atoms with Crippen molar-refractivity contribution in [2.24, 2.45) is 11.8 Å². The quantitative estimate of drug-likeness (QED) is 0.457. The Balaban J connectivity index is 1.19. The van der Waals surface area contributed by atoms with Crippen molar-refractivity contribution < 1.29 is 19.4 Å². The van der Waals surface area contributed by atoms with Crippen LogP contribution >= 0.6 is 11.6 Å². The van der Waals surface area contributed by atoms with Gasteiger partial charge in [0.2, 0.25) is 5.91 Å². The molecule has 2 fully saturated rings. The fourth-order valence-electron chi connectivity index (χ4n) is 5.43.